The van der Waals surface area contributed by atoms with Gasteiger partial charge in [0.15, 0.2) is 0 Å². The molecule has 0 spiro atoms. The van der Waals surface area contributed by atoms with Gasteiger partial charge >= 0.3 is 0 Å². The van der Waals surface area contributed by atoms with Gasteiger partial charge in [0.1, 0.15) is 11.6 Å². The second-order valence-corrected chi connectivity index (χ2v) is 7.28. The van der Waals surface area contributed by atoms with Gasteiger partial charge in [-0.1, -0.05) is 29.8 Å². The second-order valence-electron chi connectivity index (χ2n) is 6.84. The Morgan fingerprint density at radius 2 is 2.04 bits per heavy atom. The molecule has 1 aliphatic rings. The molecule has 2 N–H and O–H groups in total. The van der Waals surface area contributed by atoms with Crippen LogP contribution in [-0.2, 0) is 13.6 Å². The van der Waals surface area contributed by atoms with Gasteiger partial charge in [-0.05, 0) is 41.0 Å². The van der Waals surface area contributed by atoms with Crippen LogP contribution in [0.15, 0.2) is 54.9 Å². The molecule has 140 valence electrons. The fraction of sp³-hybridized carbons (Fsp3) is 0.286. The van der Waals surface area contributed by atoms with E-state index in [1.165, 1.54) is 11.1 Å². The molecule has 2 atom stereocenters. The zero-order valence-electron chi connectivity index (χ0n) is 15.5. The van der Waals surface area contributed by atoms with Crippen molar-refractivity contribution in [2.24, 2.45) is 12.8 Å². The van der Waals surface area contributed by atoms with Crippen molar-refractivity contribution >= 4 is 11.6 Å². The van der Waals surface area contributed by atoms with Crippen LogP contribution >= 0.6 is 11.6 Å². The number of benzene rings is 2. The quantitative estimate of drug-likeness (QED) is 0.731. The Morgan fingerprint density at radius 1 is 1.26 bits per heavy atom. The standard InChI is InChI=1S/C21H23ClN4O/c1-25-10-9-24-21(25)20(14-3-6-16(22)7-4-14)26-13-15-5-8-17(27-2)11-18(15)19(26)12-23/h3-11,19-20H,12-13,23H2,1-2H3. The summed E-state index contributed by atoms with van der Waals surface area (Å²) in [6.07, 6.45) is 3.81. The lowest BCUT2D eigenvalue weighted by Gasteiger charge is -2.33. The Morgan fingerprint density at radius 3 is 2.67 bits per heavy atom. The number of hydrogen-bond donors (Lipinski definition) is 1. The minimum absolute atomic E-state index is 0.0192. The third-order valence-corrected chi connectivity index (χ3v) is 5.56. The van der Waals surface area contributed by atoms with Gasteiger partial charge in [-0.15, -0.1) is 0 Å². The smallest absolute Gasteiger partial charge is 0.130 e. The summed E-state index contributed by atoms with van der Waals surface area (Å²) in [5, 5.41) is 0.724. The lowest BCUT2D eigenvalue weighted by molar-refractivity contribution is 0.166. The Hall–Kier alpha value is -2.34. The van der Waals surface area contributed by atoms with Crippen LogP contribution < -0.4 is 10.5 Å². The topological polar surface area (TPSA) is 56.3 Å². The van der Waals surface area contributed by atoms with Crippen LogP contribution in [0.1, 0.15) is 34.6 Å². The predicted octanol–water partition coefficient (Wildman–Crippen LogP) is 3.69. The third kappa shape index (κ3) is 3.23. The van der Waals surface area contributed by atoms with Crippen molar-refractivity contribution in [3.63, 3.8) is 0 Å². The number of rotatable bonds is 5. The van der Waals surface area contributed by atoms with Crippen LogP contribution in [0.25, 0.3) is 0 Å². The minimum Gasteiger partial charge on any atom is -0.497 e. The summed E-state index contributed by atoms with van der Waals surface area (Å²) >= 11 is 6.13. The summed E-state index contributed by atoms with van der Waals surface area (Å²) in [7, 11) is 3.71. The first-order valence-corrected chi connectivity index (χ1v) is 9.35. The maximum Gasteiger partial charge on any atom is 0.130 e. The van der Waals surface area contributed by atoms with Crippen molar-refractivity contribution < 1.29 is 4.74 Å². The van der Waals surface area contributed by atoms with E-state index in [4.69, 9.17) is 22.1 Å². The normalized spacial score (nSPS) is 17.7. The minimum atomic E-state index is -0.0192. The first-order valence-electron chi connectivity index (χ1n) is 8.97. The van der Waals surface area contributed by atoms with E-state index in [2.05, 4.69) is 38.7 Å². The molecule has 2 aromatic carbocycles. The Balaban J connectivity index is 1.80. The van der Waals surface area contributed by atoms with Crippen molar-refractivity contribution in [1.82, 2.24) is 14.5 Å². The monoisotopic (exact) mass is 382 g/mol. The molecule has 0 amide bonds. The largest absolute Gasteiger partial charge is 0.497 e. The number of imidazole rings is 1. The van der Waals surface area contributed by atoms with Crippen molar-refractivity contribution in [2.75, 3.05) is 13.7 Å². The van der Waals surface area contributed by atoms with Gasteiger partial charge in [0, 0.05) is 43.6 Å². The number of nitrogens with zero attached hydrogens (tertiary/aromatic N) is 3. The molecule has 1 aromatic heterocycles. The van der Waals surface area contributed by atoms with Crippen LogP contribution in [0.2, 0.25) is 5.02 Å². The number of aryl methyl sites for hydroxylation is 1. The molecule has 0 aliphatic carbocycles. The van der Waals surface area contributed by atoms with Crippen LogP contribution in [0.4, 0.5) is 0 Å². The molecule has 2 heterocycles. The van der Waals surface area contributed by atoms with Crippen LogP contribution in [0.3, 0.4) is 0 Å². The molecule has 0 saturated heterocycles. The van der Waals surface area contributed by atoms with E-state index in [9.17, 15) is 0 Å². The van der Waals surface area contributed by atoms with Crippen molar-refractivity contribution in [2.45, 2.75) is 18.6 Å². The maximum atomic E-state index is 6.23. The van der Waals surface area contributed by atoms with Gasteiger partial charge in [-0.3, -0.25) is 4.90 Å². The van der Waals surface area contributed by atoms with Crippen molar-refractivity contribution in [3.05, 3.63) is 82.4 Å². The molecular formula is C21H23ClN4O. The third-order valence-electron chi connectivity index (χ3n) is 5.31. The van der Waals surface area contributed by atoms with E-state index < -0.39 is 0 Å². The number of fused-ring (bicyclic) bond motifs is 1. The highest BCUT2D eigenvalue weighted by atomic mass is 35.5. The number of methoxy groups -OCH3 is 1. The molecule has 3 aromatic rings. The van der Waals surface area contributed by atoms with E-state index >= 15 is 0 Å². The Bertz CT molecular complexity index is 938. The average Bonchev–Trinajstić information content (AvgIpc) is 3.26. The molecular weight excluding hydrogens is 360 g/mol. The summed E-state index contributed by atoms with van der Waals surface area (Å²) in [5.74, 6) is 1.84. The van der Waals surface area contributed by atoms with Gasteiger partial charge in [-0.25, -0.2) is 4.98 Å². The highest BCUT2D eigenvalue weighted by Gasteiger charge is 2.37. The zero-order chi connectivity index (χ0) is 19.0. The van der Waals surface area contributed by atoms with Crippen molar-refractivity contribution in [1.29, 1.82) is 0 Å². The number of halogens is 1. The SMILES string of the molecule is COc1ccc2c(c1)C(CN)N(C(c1ccc(Cl)cc1)c1nccn1C)C2. The molecule has 2 unspecified atom stereocenters. The summed E-state index contributed by atoms with van der Waals surface area (Å²) in [6, 6.07) is 14.3. The molecule has 5 nitrogen and oxygen atoms in total. The van der Waals surface area contributed by atoms with Crippen LogP contribution in [-0.4, -0.2) is 28.1 Å². The maximum absolute atomic E-state index is 6.23. The van der Waals surface area contributed by atoms with E-state index in [1.54, 1.807) is 7.11 Å². The van der Waals surface area contributed by atoms with E-state index in [0.717, 1.165) is 28.7 Å². The van der Waals surface area contributed by atoms with Gasteiger partial charge in [0.25, 0.3) is 0 Å². The molecule has 27 heavy (non-hydrogen) atoms. The van der Waals surface area contributed by atoms with Crippen molar-refractivity contribution in [3.8, 4) is 5.75 Å². The summed E-state index contributed by atoms with van der Waals surface area (Å²) in [4.78, 5) is 7.06. The molecule has 6 heteroatoms. The Kier molecular flexibility index (Phi) is 4.91. The van der Waals surface area contributed by atoms with Gasteiger partial charge in [0.2, 0.25) is 0 Å². The summed E-state index contributed by atoms with van der Waals surface area (Å²) in [6.45, 7) is 1.33. The molecule has 0 fully saturated rings. The fourth-order valence-electron chi connectivity index (χ4n) is 3.95. The van der Waals surface area contributed by atoms with E-state index in [-0.39, 0.29) is 12.1 Å². The second kappa shape index (κ2) is 7.35. The van der Waals surface area contributed by atoms with E-state index in [0.29, 0.717) is 6.54 Å². The van der Waals surface area contributed by atoms with Crippen LogP contribution in [0.5, 0.6) is 5.75 Å². The lowest BCUT2D eigenvalue weighted by atomic mass is 10.0. The van der Waals surface area contributed by atoms with Gasteiger partial charge in [-0.2, -0.15) is 0 Å². The predicted molar refractivity (Wildman–Crippen MR) is 107 cm³/mol. The van der Waals surface area contributed by atoms with E-state index in [1.807, 2.05) is 37.6 Å². The molecule has 0 saturated carbocycles. The highest BCUT2D eigenvalue weighted by Crippen LogP contribution is 2.43. The summed E-state index contributed by atoms with van der Waals surface area (Å²) in [5.41, 5.74) is 9.88. The molecule has 0 bridgehead atoms. The molecule has 0 radical (unpaired) electrons. The lowest BCUT2D eigenvalue weighted by Crippen LogP contribution is -2.33. The Labute approximate surface area is 164 Å². The van der Waals surface area contributed by atoms with Gasteiger partial charge in [0.05, 0.1) is 13.2 Å². The molecule has 1 aliphatic heterocycles. The first-order chi connectivity index (χ1) is 13.1. The molecule has 4 rings (SSSR count). The number of aromatic nitrogens is 2. The fourth-order valence-corrected chi connectivity index (χ4v) is 4.07. The highest BCUT2D eigenvalue weighted by molar-refractivity contribution is 6.30. The number of nitrogens with two attached hydrogens (primary N) is 1. The van der Waals surface area contributed by atoms with Crippen LogP contribution in [0, 0.1) is 0 Å². The van der Waals surface area contributed by atoms with Gasteiger partial charge < -0.3 is 15.0 Å². The number of ether oxygens (including phenoxy) is 1. The summed E-state index contributed by atoms with van der Waals surface area (Å²) < 4.78 is 7.49. The first kappa shape index (κ1) is 18.0. The zero-order valence-corrected chi connectivity index (χ0v) is 16.2. The average molecular weight is 383 g/mol. The number of hydrogen-bond acceptors (Lipinski definition) is 4.